The van der Waals surface area contributed by atoms with E-state index in [2.05, 4.69) is 6.92 Å². The van der Waals surface area contributed by atoms with Crippen molar-refractivity contribution in [3.8, 4) is 11.5 Å². The van der Waals surface area contributed by atoms with Gasteiger partial charge in [0, 0.05) is 17.7 Å². The van der Waals surface area contributed by atoms with Crippen LogP contribution < -0.4 is 14.9 Å². The highest BCUT2D eigenvalue weighted by Crippen LogP contribution is 2.20. The molecule has 0 aliphatic heterocycles. The van der Waals surface area contributed by atoms with Crippen LogP contribution >= 0.6 is 0 Å². The first kappa shape index (κ1) is 26.0. The summed E-state index contributed by atoms with van der Waals surface area (Å²) in [6.07, 6.45) is 12.7. The fraction of sp³-hybridized carbons (Fsp3) is 0.290. The number of unbranched alkanes of at least 4 members (excludes halogenated alkanes) is 4. The first-order valence-electron chi connectivity index (χ1n) is 12.8. The largest absolute Gasteiger partial charge is 0.493 e. The van der Waals surface area contributed by atoms with Gasteiger partial charge >= 0.3 is 0 Å². The van der Waals surface area contributed by atoms with E-state index in [4.69, 9.17) is 18.3 Å². The second-order valence-electron chi connectivity index (χ2n) is 9.01. The number of rotatable bonds is 14. The van der Waals surface area contributed by atoms with Gasteiger partial charge in [-0.3, -0.25) is 9.59 Å². The van der Waals surface area contributed by atoms with Gasteiger partial charge in [-0.25, -0.2) is 0 Å². The number of furan rings is 1. The fourth-order valence-electron chi connectivity index (χ4n) is 4.04. The van der Waals surface area contributed by atoms with Crippen LogP contribution in [0.3, 0.4) is 0 Å². The highest BCUT2D eigenvalue weighted by Gasteiger charge is 2.07. The Balaban J connectivity index is 1.07. The number of allylic oxidation sites excluding steroid dienone is 1. The van der Waals surface area contributed by atoms with Gasteiger partial charge in [0.15, 0.2) is 11.2 Å². The molecule has 0 aliphatic rings. The Bertz CT molecular complexity index is 1350. The lowest BCUT2D eigenvalue weighted by atomic mass is 10.1. The smallest absolute Gasteiger partial charge is 0.192 e. The van der Waals surface area contributed by atoms with Crippen molar-refractivity contribution in [2.24, 2.45) is 0 Å². The molecule has 0 fully saturated rings. The van der Waals surface area contributed by atoms with Crippen molar-refractivity contribution in [2.75, 3.05) is 6.61 Å². The highest BCUT2D eigenvalue weighted by atomic mass is 16.5. The van der Waals surface area contributed by atoms with Crippen LogP contribution in [0.1, 0.15) is 61.6 Å². The van der Waals surface area contributed by atoms with Crippen LogP contribution in [-0.2, 0) is 0 Å². The molecule has 4 aromatic rings. The van der Waals surface area contributed by atoms with Crippen LogP contribution in [0, 0.1) is 0 Å². The Labute approximate surface area is 216 Å². The predicted molar refractivity (Wildman–Crippen MR) is 144 cm³/mol. The molecule has 0 radical (unpaired) electrons. The highest BCUT2D eigenvalue weighted by molar-refractivity contribution is 6.06. The van der Waals surface area contributed by atoms with Crippen LogP contribution in [0.25, 0.3) is 17.0 Å². The molecule has 0 amide bonds. The lowest BCUT2D eigenvalue weighted by molar-refractivity contribution is 0.104. The van der Waals surface area contributed by atoms with E-state index in [0.717, 1.165) is 50.0 Å². The van der Waals surface area contributed by atoms with Crippen molar-refractivity contribution in [3.05, 3.63) is 101 Å². The number of hydrogen-bond donors (Lipinski definition) is 0. The van der Waals surface area contributed by atoms with E-state index in [0.29, 0.717) is 28.9 Å². The third kappa shape index (κ3) is 7.97. The maximum absolute atomic E-state index is 12.3. The molecular weight excluding hydrogens is 468 g/mol. The Hall–Kier alpha value is -4.06. The number of ether oxygens (including phenoxy) is 2. The van der Waals surface area contributed by atoms with Gasteiger partial charge in [-0.2, -0.15) is 0 Å². The molecule has 1 unspecified atom stereocenters. The van der Waals surface area contributed by atoms with E-state index in [1.165, 1.54) is 18.4 Å². The molecular formula is C31H32O6. The van der Waals surface area contributed by atoms with Gasteiger partial charge in [0.2, 0.25) is 0 Å². The molecule has 6 nitrogen and oxygen atoms in total. The first-order chi connectivity index (χ1) is 18.1. The molecule has 2 aromatic heterocycles. The molecule has 0 aliphatic carbocycles. The van der Waals surface area contributed by atoms with E-state index in [9.17, 15) is 9.59 Å². The number of benzene rings is 2. The minimum absolute atomic E-state index is 0.0487. The quantitative estimate of drug-likeness (QED) is 0.102. The summed E-state index contributed by atoms with van der Waals surface area (Å²) < 4.78 is 22.4. The van der Waals surface area contributed by atoms with E-state index in [-0.39, 0.29) is 17.3 Å². The molecule has 0 bridgehead atoms. The van der Waals surface area contributed by atoms with Crippen molar-refractivity contribution in [2.45, 2.75) is 51.6 Å². The van der Waals surface area contributed by atoms with Crippen LogP contribution in [-0.4, -0.2) is 18.5 Å². The Kier molecular flexibility index (Phi) is 9.35. The zero-order valence-electron chi connectivity index (χ0n) is 21.1. The lowest BCUT2D eigenvalue weighted by Crippen LogP contribution is -2.11. The van der Waals surface area contributed by atoms with Crippen molar-refractivity contribution < 1.29 is 23.1 Å². The summed E-state index contributed by atoms with van der Waals surface area (Å²) in [5.74, 6) is 2.06. The summed E-state index contributed by atoms with van der Waals surface area (Å²) in [5, 5.41) is 0.564. The molecule has 1 atom stereocenters. The van der Waals surface area contributed by atoms with Gasteiger partial charge in [0.1, 0.15) is 22.8 Å². The number of fused-ring (bicyclic) bond motifs is 1. The number of ketones is 1. The number of carbonyl (C=O) groups is 1. The Morgan fingerprint density at radius 3 is 2.49 bits per heavy atom. The van der Waals surface area contributed by atoms with E-state index in [1.54, 1.807) is 48.7 Å². The summed E-state index contributed by atoms with van der Waals surface area (Å²) >= 11 is 0. The maximum atomic E-state index is 12.3. The summed E-state index contributed by atoms with van der Waals surface area (Å²) in [6, 6.07) is 17.6. The SMILES string of the molecule is CC(CCCCCCCOc1ccc2c(=O)ccoc2c1)Oc1ccc(C(=O)/C=C/c2ccco2)cc1. The minimum Gasteiger partial charge on any atom is -0.493 e. The number of hydrogen-bond acceptors (Lipinski definition) is 6. The van der Waals surface area contributed by atoms with Crippen molar-refractivity contribution in [3.63, 3.8) is 0 Å². The average molecular weight is 501 g/mol. The van der Waals surface area contributed by atoms with Gasteiger partial charge in [0.05, 0.1) is 30.6 Å². The summed E-state index contributed by atoms with van der Waals surface area (Å²) in [6.45, 7) is 2.71. The van der Waals surface area contributed by atoms with Gasteiger partial charge in [-0.15, -0.1) is 0 Å². The molecule has 192 valence electrons. The Morgan fingerprint density at radius 1 is 0.892 bits per heavy atom. The third-order valence-corrected chi connectivity index (χ3v) is 6.07. The standard InChI is InChI=1S/C31H32O6/c1-23(37-26-12-10-24(11-13-26)29(32)17-15-25-9-7-20-34-25)8-5-3-2-4-6-19-35-27-14-16-28-30(33)18-21-36-31(28)22-27/h7,9-18,20-23H,2-6,8,19H2,1H3/b17-15+. The molecule has 0 N–H and O–H groups in total. The lowest BCUT2D eigenvalue weighted by Gasteiger charge is -2.15. The van der Waals surface area contributed by atoms with Crippen LogP contribution in [0.2, 0.25) is 0 Å². The van der Waals surface area contributed by atoms with Crippen molar-refractivity contribution in [1.82, 2.24) is 0 Å². The molecule has 0 spiro atoms. The normalized spacial score (nSPS) is 12.1. The van der Waals surface area contributed by atoms with Crippen molar-refractivity contribution >= 4 is 22.8 Å². The van der Waals surface area contributed by atoms with Crippen molar-refractivity contribution in [1.29, 1.82) is 0 Å². The van der Waals surface area contributed by atoms with Crippen LogP contribution in [0.4, 0.5) is 0 Å². The van der Waals surface area contributed by atoms with Gasteiger partial charge in [-0.1, -0.05) is 19.3 Å². The van der Waals surface area contributed by atoms with Gasteiger partial charge < -0.3 is 18.3 Å². The van der Waals surface area contributed by atoms with Gasteiger partial charge in [-0.05, 0) is 86.9 Å². The topological polar surface area (TPSA) is 78.9 Å². The molecule has 4 rings (SSSR count). The Morgan fingerprint density at radius 2 is 1.68 bits per heavy atom. The predicted octanol–water partition coefficient (Wildman–Crippen LogP) is 7.47. The molecule has 2 heterocycles. The minimum atomic E-state index is -0.0768. The molecule has 37 heavy (non-hydrogen) atoms. The van der Waals surface area contributed by atoms with E-state index in [1.807, 2.05) is 18.2 Å². The maximum Gasteiger partial charge on any atom is 0.192 e. The zero-order chi connectivity index (χ0) is 25.9. The second-order valence-corrected chi connectivity index (χ2v) is 9.01. The summed E-state index contributed by atoms with van der Waals surface area (Å²) in [5.41, 5.74) is 1.11. The fourth-order valence-corrected chi connectivity index (χ4v) is 4.04. The summed E-state index contributed by atoms with van der Waals surface area (Å²) in [7, 11) is 0. The van der Waals surface area contributed by atoms with Crippen LogP contribution in [0.15, 0.2) is 92.9 Å². The van der Waals surface area contributed by atoms with Crippen LogP contribution in [0.5, 0.6) is 11.5 Å². The van der Waals surface area contributed by atoms with E-state index >= 15 is 0 Å². The summed E-state index contributed by atoms with van der Waals surface area (Å²) in [4.78, 5) is 24.1. The van der Waals surface area contributed by atoms with E-state index < -0.39 is 0 Å². The monoisotopic (exact) mass is 500 g/mol. The molecule has 0 saturated heterocycles. The first-order valence-corrected chi connectivity index (χ1v) is 12.8. The second kappa shape index (κ2) is 13.3. The molecule has 6 heteroatoms. The molecule has 2 aromatic carbocycles. The average Bonchev–Trinajstić information content (AvgIpc) is 3.43. The van der Waals surface area contributed by atoms with Gasteiger partial charge in [0.25, 0.3) is 0 Å². The zero-order valence-corrected chi connectivity index (χ0v) is 21.1. The number of carbonyl (C=O) groups excluding carboxylic acids is 1. The third-order valence-electron chi connectivity index (χ3n) is 6.07. The molecule has 0 saturated carbocycles.